The van der Waals surface area contributed by atoms with Crippen LogP contribution in [0.3, 0.4) is 0 Å². The maximum atomic E-state index is 10.9. The van der Waals surface area contributed by atoms with Crippen molar-refractivity contribution in [3.05, 3.63) is 0 Å². The molecule has 3 nitrogen and oxygen atoms in total. The van der Waals surface area contributed by atoms with Crippen LogP contribution in [0.1, 0.15) is 26.7 Å². The highest BCUT2D eigenvalue weighted by Crippen LogP contribution is 2.12. The molecule has 0 bridgehead atoms. The zero-order chi connectivity index (χ0) is 11.1. The van der Waals surface area contributed by atoms with E-state index in [2.05, 4.69) is 16.7 Å². The van der Waals surface area contributed by atoms with Gasteiger partial charge in [0.15, 0.2) is 0 Å². The van der Waals surface area contributed by atoms with Crippen molar-refractivity contribution in [3.63, 3.8) is 0 Å². The molecule has 0 unspecified atom stereocenters. The number of ketones is 1. The second kappa shape index (κ2) is 6.60. The zero-order valence-electron chi connectivity index (χ0n) is 9.58. The second-order valence-electron chi connectivity index (χ2n) is 3.92. The molecule has 0 radical (unpaired) electrons. The van der Waals surface area contributed by atoms with Crippen molar-refractivity contribution in [1.29, 1.82) is 0 Å². The highest BCUT2D eigenvalue weighted by Gasteiger charge is 2.19. The Labute approximate surface area is 91.8 Å². The van der Waals surface area contributed by atoms with E-state index >= 15 is 0 Å². The number of piperidine rings is 1. The number of ether oxygens (including phenoxy) is 1. The van der Waals surface area contributed by atoms with Gasteiger partial charge in [0.1, 0.15) is 12.4 Å². The first-order valence-electron chi connectivity index (χ1n) is 5.45. The third kappa shape index (κ3) is 4.96. The lowest BCUT2D eigenvalue weighted by Gasteiger charge is -2.30. The molecule has 0 amide bonds. The van der Waals surface area contributed by atoms with Crippen LogP contribution in [0.15, 0.2) is 0 Å². The maximum Gasteiger partial charge on any atom is 0.143 e. The third-order valence-corrected chi connectivity index (χ3v) is 2.55. The lowest BCUT2D eigenvalue weighted by Crippen LogP contribution is -2.39. The average Bonchev–Trinajstić information content (AvgIpc) is 2.20. The van der Waals surface area contributed by atoms with Crippen molar-refractivity contribution in [2.45, 2.75) is 32.8 Å². The van der Waals surface area contributed by atoms with Gasteiger partial charge in [-0.25, -0.2) is 0 Å². The first-order valence-corrected chi connectivity index (χ1v) is 5.45. The van der Waals surface area contributed by atoms with Gasteiger partial charge in [0, 0.05) is 13.1 Å². The summed E-state index contributed by atoms with van der Waals surface area (Å²) in [4.78, 5) is 13.1. The summed E-state index contributed by atoms with van der Waals surface area (Å²) in [5.41, 5.74) is 0. The first kappa shape index (κ1) is 12.2. The Hall–Kier alpha value is -0.850. The third-order valence-electron chi connectivity index (χ3n) is 2.55. The van der Waals surface area contributed by atoms with Gasteiger partial charge in [-0.3, -0.25) is 9.69 Å². The van der Waals surface area contributed by atoms with Gasteiger partial charge in [0.2, 0.25) is 0 Å². The number of Topliss-reactive ketones (excluding diaryl/α,β-unsaturated/α-hetero) is 1. The summed E-state index contributed by atoms with van der Waals surface area (Å²) >= 11 is 0. The zero-order valence-corrected chi connectivity index (χ0v) is 9.58. The summed E-state index contributed by atoms with van der Waals surface area (Å²) in [5.74, 6) is 5.95. The molecule has 1 fully saturated rings. The van der Waals surface area contributed by atoms with Gasteiger partial charge < -0.3 is 4.74 Å². The van der Waals surface area contributed by atoms with Gasteiger partial charge in [-0.05, 0) is 26.7 Å². The molecule has 1 aliphatic heterocycles. The van der Waals surface area contributed by atoms with Crippen molar-refractivity contribution >= 4 is 5.78 Å². The molecule has 0 aromatic heterocycles. The quantitative estimate of drug-likeness (QED) is 0.649. The Kier molecular flexibility index (Phi) is 5.38. The molecular weight excluding hydrogens is 190 g/mol. The maximum absolute atomic E-state index is 10.9. The molecule has 0 aliphatic carbocycles. The van der Waals surface area contributed by atoms with Crippen molar-refractivity contribution in [2.24, 2.45) is 0 Å². The van der Waals surface area contributed by atoms with Crippen LogP contribution in [0, 0.1) is 11.8 Å². The predicted molar refractivity (Wildman–Crippen MR) is 59.5 cm³/mol. The van der Waals surface area contributed by atoms with Crippen LogP contribution in [-0.2, 0) is 9.53 Å². The Morgan fingerprint density at radius 2 is 2.13 bits per heavy atom. The average molecular weight is 209 g/mol. The van der Waals surface area contributed by atoms with Crippen LogP contribution in [0.25, 0.3) is 0 Å². The molecule has 1 saturated heterocycles. The number of carbonyl (C=O) groups is 1. The van der Waals surface area contributed by atoms with E-state index in [-0.39, 0.29) is 5.78 Å². The Bertz CT molecular complexity index is 257. The fraction of sp³-hybridized carbons (Fsp3) is 0.750. The van der Waals surface area contributed by atoms with Crippen LogP contribution in [0.5, 0.6) is 0 Å². The van der Waals surface area contributed by atoms with Crippen LogP contribution in [0.2, 0.25) is 0 Å². The summed E-state index contributed by atoms with van der Waals surface area (Å²) in [5, 5.41) is 0. The van der Waals surface area contributed by atoms with E-state index in [0.29, 0.717) is 19.3 Å². The molecule has 0 N–H and O–H groups in total. The van der Waals surface area contributed by atoms with Gasteiger partial charge >= 0.3 is 0 Å². The molecule has 1 aliphatic rings. The smallest absolute Gasteiger partial charge is 0.143 e. The van der Waals surface area contributed by atoms with Gasteiger partial charge in [-0.2, -0.15) is 0 Å². The highest BCUT2D eigenvalue weighted by atomic mass is 16.5. The lowest BCUT2D eigenvalue weighted by molar-refractivity contribution is -0.118. The summed E-state index contributed by atoms with van der Waals surface area (Å²) in [7, 11) is 0. The number of carbonyl (C=O) groups excluding carboxylic acids is 1. The topological polar surface area (TPSA) is 29.5 Å². The van der Waals surface area contributed by atoms with Crippen molar-refractivity contribution in [2.75, 3.05) is 26.2 Å². The first-order chi connectivity index (χ1) is 7.22. The molecule has 0 spiro atoms. The van der Waals surface area contributed by atoms with Crippen molar-refractivity contribution in [3.8, 4) is 11.8 Å². The summed E-state index contributed by atoms with van der Waals surface area (Å²) in [6, 6.07) is 0. The number of likely N-dealkylation sites (tertiary alicyclic amines) is 1. The fourth-order valence-corrected chi connectivity index (χ4v) is 1.78. The number of hydrogen-bond donors (Lipinski definition) is 0. The molecule has 0 atom stereocenters. The molecule has 0 aromatic rings. The van der Waals surface area contributed by atoms with Crippen molar-refractivity contribution < 1.29 is 9.53 Å². The number of hydrogen-bond acceptors (Lipinski definition) is 3. The van der Waals surface area contributed by atoms with Crippen molar-refractivity contribution in [1.82, 2.24) is 4.90 Å². The van der Waals surface area contributed by atoms with Crippen LogP contribution >= 0.6 is 0 Å². The highest BCUT2D eigenvalue weighted by molar-refractivity contribution is 5.77. The van der Waals surface area contributed by atoms with E-state index in [4.69, 9.17) is 4.74 Å². The monoisotopic (exact) mass is 209 g/mol. The minimum absolute atomic E-state index is 0.242. The summed E-state index contributed by atoms with van der Waals surface area (Å²) < 4.78 is 5.59. The van der Waals surface area contributed by atoms with E-state index in [1.165, 1.54) is 0 Å². The Balaban J connectivity index is 2.17. The van der Waals surface area contributed by atoms with E-state index in [1.54, 1.807) is 6.92 Å². The molecule has 1 heterocycles. The molecule has 15 heavy (non-hydrogen) atoms. The van der Waals surface area contributed by atoms with E-state index < -0.39 is 0 Å². The molecule has 3 heteroatoms. The van der Waals surface area contributed by atoms with Gasteiger partial charge in [-0.1, -0.05) is 5.92 Å². The number of rotatable bonds is 4. The minimum Gasteiger partial charge on any atom is -0.365 e. The van der Waals surface area contributed by atoms with Crippen LogP contribution in [-0.4, -0.2) is 43.0 Å². The lowest BCUT2D eigenvalue weighted by atomic mass is 10.1. The SMILES string of the molecule is CC#CCOC1CCN(CC(C)=O)CC1. The van der Waals surface area contributed by atoms with Crippen LogP contribution < -0.4 is 0 Å². The van der Waals surface area contributed by atoms with Gasteiger partial charge in [0.05, 0.1) is 12.6 Å². The summed E-state index contributed by atoms with van der Waals surface area (Å²) in [6.07, 6.45) is 2.35. The molecule has 84 valence electrons. The second-order valence-corrected chi connectivity index (χ2v) is 3.92. The molecule has 1 rings (SSSR count). The normalized spacial score (nSPS) is 18.3. The fourth-order valence-electron chi connectivity index (χ4n) is 1.78. The Morgan fingerprint density at radius 1 is 1.47 bits per heavy atom. The minimum atomic E-state index is 0.242. The predicted octanol–water partition coefficient (Wildman–Crippen LogP) is 1.08. The summed E-state index contributed by atoms with van der Waals surface area (Å²) in [6.45, 7) is 6.50. The molecular formula is C12H19NO2. The van der Waals surface area contributed by atoms with Gasteiger partial charge in [0.25, 0.3) is 0 Å². The van der Waals surface area contributed by atoms with E-state index in [0.717, 1.165) is 25.9 Å². The molecule has 0 saturated carbocycles. The Morgan fingerprint density at radius 3 is 2.67 bits per heavy atom. The molecule has 0 aromatic carbocycles. The largest absolute Gasteiger partial charge is 0.365 e. The standard InChI is InChI=1S/C12H19NO2/c1-3-4-9-15-12-5-7-13(8-6-12)10-11(2)14/h12H,5-10H2,1-2H3. The van der Waals surface area contributed by atoms with E-state index in [9.17, 15) is 4.79 Å². The van der Waals surface area contributed by atoms with Crippen LogP contribution in [0.4, 0.5) is 0 Å². The number of nitrogens with zero attached hydrogens (tertiary/aromatic N) is 1. The van der Waals surface area contributed by atoms with E-state index in [1.807, 2.05) is 6.92 Å². The van der Waals surface area contributed by atoms with Gasteiger partial charge in [-0.15, -0.1) is 5.92 Å².